The van der Waals surface area contributed by atoms with E-state index in [1.54, 1.807) is 11.3 Å². The maximum Gasteiger partial charge on any atom is 0.106 e. The van der Waals surface area contributed by atoms with Crippen molar-refractivity contribution in [2.75, 3.05) is 0 Å². The Labute approximate surface area is 124 Å². The first-order valence-electron chi connectivity index (χ1n) is 6.90. The quantitative estimate of drug-likeness (QED) is 0.636. The van der Waals surface area contributed by atoms with Crippen LogP contribution in [0.5, 0.6) is 0 Å². The van der Waals surface area contributed by atoms with Gasteiger partial charge in [0, 0.05) is 18.2 Å². The van der Waals surface area contributed by atoms with Crippen LogP contribution in [0.2, 0.25) is 0 Å². The number of benzene rings is 1. The first kappa shape index (κ1) is 14.5. The highest BCUT2D eigenvalue weighted by Crippen LogP contribution is 2.32. The number of hydrogen-bond donors (Lipinski definition) is 0. The van der Waals surface area contributed by atoms with Crippen LogP contribution in [0.3, 0.4) is 0 Å². The number of hydrogen-bond acceptors (Lipinski definition) is 2. The zero-order valence-corrected chi connectivity index (χ0v) is 13.2. The molecule has 1 aromatic carbocycles. The van der Waals surface area contributed by atoms with E-state index < -0.39 is 0 Å². The Hall–Kier alpha value is -1.87. The topological polar surface area (TPSA) is 17.8 Å². The first-order valence-corrected chi connectivity index (χ1v) is 7.78. The van der Waals surface area contributed by atoms with Gasteiger partial charge in [0.1, 0.15) is 5.69 Å². The number of aryl methyl sites for hydroxylation is 1. The minimum Gasteiger partial charge on any atom is -0.267 e. The molecule has 0 saturated carbocycles. The summed E-state index contributed by atoms with van der Waals surface area (Å²) in [5.74, 6) is 0. The molecule has 3 heteroatoms. The molecule has 0 unspecified atom stereocenters. The molecular weight excluding hydrogens is 264 g/mol. The standard InChI is InChI=1S/C15H14N2S.C2H6/c1-11-14(13-9-6-10-18-13)16-17(2)15(11)12-7-4-3-5-8-12;1-2/h3-10H,1-2H3;1-2H3. The number of thiophene rings is 1. The van der Waals surface area contributed by atoms with Gasteiger partial charge in [-0.15, -0.1) is 11.3 Å². The van der Waals surface area contributed by atoms with Gasteiger partial charge in [-0.25, -0.2) is 0 Å². The fraction of sp³-hybridized carbons (Fsp3) is 0.235. The summed E-state index contributed by atoms with van der Waals surface area (Å²) in [6, 6.07) is 14.6. The van der Waals surface area contributed by atoms with E-state index in [0.29, 0.717) is 0 Å². The molecule has 0 radical (unpaired) electrons. The van der Waals surface area contributed by atoms with E-state index in [1.807, 2.05) is 31.6 Å². The van der Waals surface area contributed by atoms with Gasteiger partial charge >= 0.3 is 0 Å². The van der Waals surface area contributed by atoms with Crippen LogP contribution in [0.1, 0.15) is 19.4 Å². The van der Waals surface area contributed by atoms with Crippen LogP contribution in [0, 0.1) is 6.92 Å². The van der Waals surface area contributed by atoms with E-state index in [-0.39, 0.29) is 0 Å². The van der Waals surface area contributed by atoms with E-state index in [4.69, 9.17) is 0 Å². The summed E-state index contributed by atoms with van der Waals surface area (Å²) in [7, 11) is 2.01. The second kappa shape index (κ2) is 6.53. The largest absolute Gasteiger partial charge is 0.267 e. The van der Waals surface area contributed by atoms with Crippen molar-refractivity contribution in [3.63, 3.8) is 0 Å². The lowest BCUT2D eigenvalue weighted by atomic mass is 10.1. The van der Waals surface area contributed by atoms with E-state index in [2.05, 4.69) is 53.8 Å². The second-order valence-electron chi connectivity index (χ2n) is 4.29. The molecular formula is C17H20N2S. The number of aromatic nitrogens is 2. The smallest absolute Gasteiger partial charge is 0.106 e. The average Bonchev–Trinajstić information content (AvgIpc) is 3.10. The average molecular weight is 284 g/mol. The van der Waals surface area contributed by atoms with Crippen LogP contribution >= 0.6 is 11.3 Å². The molecule has 2 aromatic heterocycles. The fourth-order valence-corrected chi connectivity index (χ4v) is 3.04. The molecule has 20 heavy (non-hydrogen) atoms. The molecule has 0 aliphatic carbocycles. The van der Waals surface area contributed by atoms with Crippen LogP contribution in [-0.2, 0) is 7.05 Å². The lowest BCUT2D eigenvalue weighted by molar-refractivity contribution is 0.779. The van der Waals surface area contributed by atoms with Crippen LogP contribution < -0.4 is 0 Å². The van der Waals surface area contributed by atoms with E-state index in [1.165, 1.54) is 21.7 Å². The summed E-state index contributed by atoms with van der Waals surface area (Å²) in [6.07, 6.45) is 0. The Balaban J connectivity index is 0.000000704. The minimum absolute atomic E-state index is 1.09. The van der Waals surface area contributed by atoms with E-state index in [9.17, 15) is 0 Å². The van der Waals surface area contributed by atoms with Crippen LogP contribution in [0.4, 0.5) is 0 Å². The highest BCUT2D eigenvalue weighted by Gasteiger charge is 2.15. The molecule has 0 bridgehead atoms. The molecule has 3 aromatic rings. The second-order valence-corrected chi connectivity index (χ2v) is 5.24. The lowest BCUT2D eigenvalue weighted by Gasteiger charge is -2.03. The summed E-state index contributed by atoms with van der Waals surface area (Å²) in [5.41, 5.74) is 4.74. The summed E-state index contributed by atoms with van der Waals surface area (Å²) in [4.78, 5) is 1.23. The number of nitrogens with zero attached hydrogens (tertiary/aromatic N) is 2. The molecule has 2 heterocycles. The van der Waals surface area contributed by atoms with Crippen molar-refractivity contribution in [2.24, 2.45) is 7.05 Å². The van der Waals surface area contributed by atoms with Gasteiger partial charge in [0.25, 0.3) is 0 Å². The highest BCUT2D eigenvalue weighted by molar-refractivity contribution is 7.13. The Morgan fingerprint density at radius 3 is 2.30 bits per heavy atom. The summed E-state index contributed by atoms with van der Waals surface area (Å²) in [5, 5.41) is 6.75. The zero-order chi connectivity index (χ0) is 14.5. The highest BCUT2D eigenvalue weighted by atomic mass is 32.1. The molecule has 0 spiro atoms. The molecule has 0 fully saturated rings. The minimum atomic E-state index is 1.09. The summed E-state index contributed by atoms with van der Waals surface area (Å²) < 4.78 is 1.97. The van der Waals surface area contributed by atoms with Crippen LogP contribution in [-0.4, -0.2) is 9.78 Å². The Morgan fingerprint density at radius 2 is 1.70 bits per heavy atom. The van der Waals surface area contributed by atoms with Crippen molar-refractivity contribution in [1.82, 2.24) is 9.78 Å². The molecule has 0 amide bonds. The lowest BCUT2D eigenvalue weighted by Crippen LogP contribution is -1.93. The zero-order valence-electron chi connectivity index (χ0n) is 12.4. The Bertz CT molecular complexity index is 652. The van der Waals surface area contributed by atoms with Gasteiger partial charge in [-0.2, -0.15) is 5.10 Å². The van der Waals surface area contributed by atoms with E-state index in [0.717, 1.165) is 5.69 Å². The third-order valence-corrected chi connectivity index (χ3v) is 3.96. The van der Waals surface area contributed by atoms with Gasteiger partial charge in [-0.3, -0.25) is 4.68 Å². The summed E-state index contributed by atoms with van der Waals surface area (Å²) in [6.45, 7) is 6.14. The molecule has 0 atom stereocenters. The maximum absolute atomic E-state index is 4.66. The monoisotopic (exact) mass is 284 g/mol. The first-order chi connectivity index (χ1) is 9.77. The molecule has 104 valence electrons. The Morgan fingerprint density at radius 1 is 1.00 bits per heavy atom. The van der Waals surface area contributed by atoms with Crippen molar-refractivity contribution in [3.8, 4) is 21.8 Å². The van der Waals surface area contributed by atoms with Crippen molar-refractivity contribution in [2.45, 2.75) is 20.8 Å². The normalized spacial score (nSPS) is 10.0. The fourth-order valence-electron chi connectivity index (χ4n) is 2.28. The van der Waals surface area contributed by atoms with Gasteiger partial charge in [-0.05, 0) is 18.4 Å². The van der Waals surface area contributed by atoms with Gasteiger partial charge < -0.3 is 0 Å². The molecule has 0 saturated heterocycles. The predicted octanol–water partition coefficient (Wildman–Crippen LogP) is 5.15. The Kier molecular flexibility index (Phi) is 4.74. The molecule has 3 rings (SSSR count). The van der Waals surface area contributed by atoms with Crippen LogP contribution in [0.25, 0.3) is 21.8 Å². The SMILES string of the molecule is CC.Cc1c(-c2cccs2)nn(C)c1-c1ccccc1. The molecule has 2 nitrogen and oxygen atoms in total. The third kappa shape index (κ3) is 2.68. The predicted molar refractivity (Wildman–Crippen MR) is 88.0 cm³/mol. The van der Waals surface area contributed by atoms with Gasteiger partial charge in [0.2, 0.25) is 0 Å². The van der Waals surface area contributed by atoms with Gasteiger partial charge in [-0.1, -0.05) is 50.2 Å². The van der Waals surface area contributed by atoms with E-state index >= 15 is 0 Å². The van der Waals surface area contributed by atoms with Crippen molar-refractivity contribution in [1.29, 1.82) is 0 Å². The van der Waals surface area contributed by atoms with Gasteiger partial charge in [0.15, 0.2) is 0 Å². The van der Waals surface area contributed by atoms with Gasteiger partial charge in [0.05, 0.1) is 10.6 Å². The maximum atomic E-state index is 4.66. The van der Waals surface area contributed by atoms with Crippen molar-refractivity contribution >= 4 is 11.3 Å². The summed E-state index contributed by atoms with van der Waals surface area (Å²) >= 11 is 1.73. The molecule has 0 aliphatic rings. The van der Waals surface area contributed by atoms with Crippen LogP contribution in [0.15, 0.2) is 47.8 Å². The third-order valence-electron chi connectivity index (χ3n) is 3.09. The molecule has 0 N–H and O–H groups in total. The van der Waals surface area contributed by atoms with Crippen molar-refractivity contribution in [3.05, 3.63) is 53.4 Å². The molecule has 0 aliphatic heterocycles. The number of rotatable bonds is 2. The van der Waals surface area contributed by atoms with Crippen molar-refractivity contribution < 1.29 is 0 Å².